The number of halogens is 1. The van der Waals surface area contributed by atoms with Crippen LogP contribution in [0.15, 0.2) is 45.1 Å². The molecule has 8 heteroatoms. The first-order valence-electron chi connectivity index (χ1n) is 6.32. The van der Waals surface area contributed by atoms with Gasteiger partial charge in [0.1, 0.15) is 9.57 Å². The van der Waals surface area contributed by atoms with E-state index in [2.05, 4.69) is 5.16 Å². The van der Waals surface area contributed by atoms with E-state index in [1.807, 2.05) is 0 Å². The maximum absolute atomic E-state index is 11.9. The van der Waals surface area contributed by atoms with Crippen molar-refractivity contribution < 1.29 is 18.0 Å². The van der Waals surface area contributed by atoms with Crippen molar-refractivity contribution in [1.82, 2.24) is 0 Å². The first kappa shape index (κ1) is 15.2. The van der Waals surface area contributed by atoms with Crippen LogP contribution in [0.2, 0.25) is 5.02 Å². The molecule has 1 aliphatic heterocycles. The van der Waals surface area contributed by atoms with Crippen LogP contribution in [0, 0.1) is 0 Å². The Hall–Kier alpha value is -1.70. The molecule has 22 heavy (non-hydrogen) atoms. The highest BCUT2D eigenvalue weighted by Gasteiger charge is 2.28. The van der Waals surface area contributed by atoms with Crippen molar-refractivity contribution in [2.75, 3.05) is 5.75 Å². The third-order valence-electron chi connectivity index (χ3n) is 3.15. The van der Waals surface area contributed by atoms with Crippen LogP contribution in [0.25, 0.3) is 0 Å². The zero-order valence-electron chi connectivity index (χ0n) is 11.2. The van der Waals surface area contributed by atoms with Crippen molar-refractivity contribution >= 4 is 38.7 Å². The standard InChI is InChI=1S/C14H10ClNO4S2/c15-10-3-1-2-9(8-10)13(17)20-16-12-4-6-21-14-11(12)5-7-22(14,18)19/h1-4,6,8H,5,7H2/b16-12+. The van der Waals surface area contributed by atoms with E-state index in [-0.39, 0.29) is 11.3 Å². The molecule has 1 aliphatic rings. The van der Waals surface area contributed by atoms with Crippen LogP contribution in [0.3, 0.4) is 0 Å². The number of nitrogens with zero attached hydrogens (tertiary/aromatic N) is 1. The van der Waals surface area contributed by atoms with E-state index in [1.165, 1.54) is 6.07 Å². The minimum absolute atomic E-state index is 0.0631. The van der Waals surface area contributed by atoms with Crippen LogP contribution in [0.4, 0.5) is 0 Å². The Morgan fingerprint density at radius 2 is 2.14 bits per heavy atom. The van der Waals surface area contributed by atoms with E-state index < -0.39 is 15.8 Å². The number of benzene rings is 1. The molecule has 0 bridgehead atoms. The van der Waals surface area contributed by atoms with E-state index in [0.717, 1.165) is 11.3 Å². The first-order valence-corrected chi connectivity index (χ1v) is 9.23. The quantitative estimate of drug-likeness (QED) is 0.612. The van der Waals surface area contributed by atoms with E-state index in [1.54, 1.807) is 29.6 Å². The third kappa shape index (κ3) is 2.92. The molecule has 0 aliphatic carbocycles. The molecule has 0 unspecified atom stereocenters. The van der Waals surface area contributed by atoms with Gasteiger partial charge in [0.05, 0.1) is 11.3 Å². The minimum Gasteiger partial charge on any atom is -0.312 e. The van der Waals surface area contributed by atoms with Crippen molar-refractivity contribution in [3.8, 4) is 0 Å². The smallest absolute Gasteiger partial charge is 0.312 e. The van der Waals surface area contributed by atoms with Gasteiger partial charge in [0.15, 0.2) is 9.84 Å². The summed E-state index contributed by atoms with van der Waals surface area (Å²) in [6.45, 7) is 0. The number of hydrogen-bond acceptors (Lipinski definition) is 6. The van der Waals surface area contributed by atoms with Crippen LogP contribution < -0.4 is 5.36 Å². The molecule has 0 saturated carbocycles. The molecule has 5 nitrogen and oxygen atoms in total. The number of sulfone groups is 1. The molecule has 0 amide bonds. The summed E-state index contributed by atoms with van der Waals surface area (Å²) < 4.78 is 24.0. The Morgan fingerprint density at radius 3 is 2.91 bits per heavy atom. The molecule has 0 radical (unpaired) electrons. The number of fused-ring (bicyclic) bond motifs is 1. The van der Waals surface area contributed by atoms with E-state index in [0.29, 0.717) is 26.6 Å². The Balaban J connectivity index is 1.92. The van der Waals surface area contributed by atoms with Gasteiger partial charge >= 0.3 is 5.97 Å². The first-order chi connectivity index (χ1) is 10.5. The summed E-state index contributed by atoms with van der Waals surface area (Å²) in [5.74, 6) is -0.585. The Kier molecular flexibility index (Phi) is 4.03. The van der Waals surface area contributed by atoms with Gasteiger partial charge in [-0.05, 0) is 36.1 Å². The van der Waals surface area contributed by atoms with Gasteiger partial charge in [-0.25, -0.2) is 13.2 Å². The molecule has 114 valence electrons. The lowest BCUT2D eigenvalue weighted by molar-refractivity contribution is 0.0497. The number of carbonyl (C=O) groups excluding carboxylic acids is 1. The maximum atomic E-state index is 11.9. The second-order valence-corrected chi connectivity index (χ2v) is 8.28. The fourth-order valence-electron chi connectivity index (χ4n) is 2.10. The van der Waals surface area contributed by atoms with Crippen molar-refractivity contribution in [2.24, 2.45) is 5.16 Å². The molecular weight excluding hydrogens is 346 g/mol. The topological polar surface area (TPSA) is 72.8 Å². The van der Waals surface area contributed by atoms with Crippen molar-refractivity contribution in [3.05, 3.63) is 57.2 Å². The van der Waals surface area contributed by atoms with Crippen molar-refractivity contribution in [1.29, 1.82) is 0 Å². The predicted molar refractivity (Wildman–Crippen MR) is 82.5 cm³/mol. The normalized spacial score (nSPS) is 16.3. The summed E-state index contributed by atoms with van der Waals surface area (Å²) in [4.78, 5) is 16.8. The molecular formula is C14H10ClNO4S2. The molecule has 1 aromatic heterocycles. The molecule has 0 atom stereocenters. The summed E-state index contributed by atoms with van der Waals surface area (Å²) in [7, 11) is -3.22. The van der Waals surface area contributed by atoms with Crippen molar-refractivity contribution in [3.63, 3.8) is 0 Å². The monoisotopic (exact) mass is 355 g/mol. The van der Waals surface area contributed by atoms with Gasteiger partial charge in [0.25, 0.3) is 0 Å². The highest BCUT2D eigenvalue weighted by Crippen LogP contribution is 2.26. The van der Waals surface area contributed by atoms with Gasteiger partial charge in [-0.3, -0.25) is 0 Å². The molecule has 2 aromatic rings. The van der Waals surface area contributed by atoms with Gasteiger partial charge in [0.2, 0.25) is 0 Å². The summed E-state index contributed by atoms with van der Waals surface area (Å²) in [5, 5.41) is 6.20. The Labute approximate surface area is 135 Å². The van der Waals surface area contributed by atoms with Gasteiger partial charge in [0, 0.05) is 10.6 Å². The average Bonchev–Trinajstić information content (AvgIpc) is 2.81. The second kappa shape index (κ2) is 5.83. The lowest BCUT2D eigenvalue weighted by Crippen LogP contribution is -2.11. The summed E-state index contributed by atoms with van der Waals surface area (Å²) in [6, 6.07) is 7.95. The highest BCUT2D eigenvalue weighted by atomic mass is 35.5. The zero-order chi connectivity index (χ0) is 15.7. The molecule has 0 N–H and O–H groups in total. The number of rotatable bonds is 2. The van der Waals surface area contributed by atoms with Crippen LogP contribution >= 0.6 is 22.9 Å². The molecule has 0 saturated heterocycles. The number of carbonyl (C=O) groups is 1. The number of hydrogen-bond donors (Lipinski definition) is 0. The van der Waals surface area contributed by atoms with Crippen molar-refractivity contribution in [2.45, 2.75) is 10.6 Å². The van der Waals surface area contributed by atoms with Gasteiger partial charge in [-0.2, -0.15) is 0 Å². The molecule has 2 heterocycles. The fourth-order valence-corrected chi connectivity index (χ4v) is 5.20. The minimum atomic E-state index is -3.22. The SMILES string of the molecule is O=C(O/N=c1\ccsc2c1CCS2(=O)=O)c1cccc(Cl)c1. The van der Waals surface area contributed by atoms with E-state index in [9.17, 15) is 13.2 Å². The predicted octanol–water partition coefficient (Wildman–Crippen LogP) is 2.40. The summed E-state index contributed by atoms with van der Waals surface area (Å²) in [6.07, 6.45) is 0.378. The van der Waals surface area contributed by atoms with E-state index in [4.69, 9.17) is 16.4 Å². The van der Waals surface area contributed by atoms with E-state index >= 15 is 0 Å². The van der Waals surface area contributed by atoms with Gasteiger partial charge < -0.3 is 4.84 Å². The van der Waals surface area contributed by atoms with Gasteiger partial charge in [-0.1, -0.05) is 22.8 Å². The Morgan fingerprint density at radius 1 is 1.32 bits per heavy atom. The largest absolute Gasteiger partial charge is 0.365 e. The summed E-state index contributed by atoms with van der Waals surface area (Å²) in [5.41, 5.74) is 0.880. The molecule has 1 aromatic carbocycles. The maximum Gasteiger partial charge on any atom is 0.365 e. The lowest BCUT2D eigenvalue weighted by Gasteiger charge is -2.00. The lowest BCUT2D eigenvalue weighted by atomic mass is 10.2. The van der Waals surface area contributed by atoms with Crippen LogP contribution in [0.1, 0.15) is 15.9 Å². The fraction of sp³-hybridized carbons (Fsp3) is 0.143. The molecule has 0 fully saturated rings. The average molecular weight is 356 g/mol. The van der Waals surface area contributed by atoms with Gasteiger partial charge in [-0.15, -0.1) is 11.3 Å². The zero-order valence-corrected chi connectivity index (χ0v) is 13.5. The van der Waals surface area contributed by atoms with Crippen LogP contribution in [-0.4, -0.2) is 20.1 Å². The highest BCUT2D eigenvalue weighted by molar-refractivity contribution is 7.93. The third-order valence-corrected chi connectivity index (χ3v) is 6.72. The van der Waals surface area contributed by atoms with Crippen LogP contribution in [0.5, 0.6) is 0 Å². The summed E-state index contributed by atoms with van der Waals surface area (Å²) >= 11 is 6.96. The molecule has 0 spiro atoms. The second-order valence-electron chi connectivity index (χ2n) is 4.62. The Bertz CT molecular complexity index is 918. The molecule has 3 rings (SSSR count). The van der Waals surface area contributed by atoms with Crippen LogP contribution in [-0.2, 0) is 21.1 Å².